The van der Waals surface area contributed by atoms with E-state index in [1.807, 2.05) is 13.0 Å². The molecule has 30 heavy (non-hydrogen) atoms. The molecule has 2 aromatic rings. The van der Waals surface area contributed by atoms with Gasteiger partial charge in [0.05, 0.1) is 6.54 Å². The van der Waals surface area contributed by atoms with Crippen LogP contribution in [0.3, 0.4) is 0 Å². The lowest BCUT2D eigenvalue weighted by Crippen LogP contribution is -2.33. The van der Waals surface area contributed by atoms with Gasteiger partial charge in [0.1, 0.15) is 11.5 Å². The highest BCUT2D eigenvalue weighted by Crippen LogP contribution is 2.30. The van der Waals surface area contributed by atoms with Crippen molar-refractivity contribution in [1.82, 2.24) is 25.4 Å². The molecule has 0 radical (unpaired) electrons. The van der Waals surface area contributed by atoms with Crippen LogP contribution in [0.1, 0.15) is 63.0 Å². The van der Waals surface area contributed by atoms with Crippen molar-refractivity contribution >= 4 is 5.91 Å². The standard InChI is InChI=1S/C23H33N5O2/c1-4-9-18(5-2)22(29)24-12-20-23(30)25-21(27-26-20)19-15-28(13-16(19)3)14-17-10-7-6-8-11-17/h6-8,10-11,16,18-19H,4-5,9,12-15H2,1-3H3,(H,24,29)(H,25,27,30). The molecule has 2 heterocycles. The third-order valence-electron chi connectivity index (χ3n) is 6.00. The number of carbonyl (C=O) groups excluding carboxylic acids is 1. The molecule has 0 saturated carbocycles. The number of carbonyl (C=O) groups is 1. The summed E-state index contributed by atoms with van der Waals surface area (Å²) in [5.74, 6) is 1.12. The van der Waals surface area contributed by atoms with Crippen molar-refractivity contribution in [2.75, 3.05) is 13.1 Å². The first-order chi connectivity index (χ1) is 14.5. The first-order valence-corrected chi connectivity index (χ1v) is 11.0. The zero-order valence-electron chi connectivity index (χ0n) is 18.2. The van der Waals surface area contributed by atoms with E-state index in [9.17, 15) is 9.59 Å². The molecule has 3 unspecified atom stereocenters. The highest BCUT2D eigenvalue weighted by molar-refractivity contribution is 5.78. The maximum atomic E-state index is 12.5. The first-order valence-electron chi connectivity index (χ1n) is 11.0. The van der Waals surface area contributed by atoms with Crippen molar-refractivity contribution in [2.24, 2.45) is 11.8 Å². The van der Waals surface area contributed by atoms with Gasteiger partial charge in [-0.05, 0) is 24.3 Å². The molecule has 7 heteroatoms. The lowest BCUT2D eigenvalue weighted by Gasteiger charge is -2.16. The Hall–Kier alpha value is -2.54. The van der Waals surface area contributed by atoms with Crippen LogP contribution in [0.4, 0.5) is 0 Å². The van der Waals surface area contributed by atoms with Crippen molar-refractivity contribution in [3.63, 3.8) is 0 Å². The topological polar surface area (TPSA) is 91.0 Å². The Morgan fingerprint density at radius 2 is 2.00 bits per heavy atom. The largest absolute Gasteiger partial charge is 0.350 e. The van der Waals surface area contributed by atoms with Gasteiger partial charge in [0, 0.05) is 31.5 Å². The minimum atomic E-state index is -0.266. The number of nitrogens with zero attached hydrogens (tertiary/aromatic N) is 3. The van der Waals surface area contributed by atoms with Crippen molar-refractivity contribution in [3.8, 4) is 0 Å². The fraction of sp³-hybridized carbons (Fsp3) is 0.565. The van der Waals surface area contributed by atoms with E-state index >= 15 is 0 Å². The molecule has 1 amide bonds. The van der Waals surface area contributed by atoms with Crippen LogP contribution < -0.4 is 10.9 Å². The number of aromatic amines is 1. The Kier molecular flexibility index (Phi) is 7.74. The van der Waals surface area contributed by atoms with Crippen LogP contribution in [0.5, 0.6) is 0 Å². The second kappa shape index (κ2) is 10.5. The van der Waals surface area contributed by atoms with Crippen molar-refractivity contribution in [1.29, 1.82) is 0 Å². The molecule has 7 nitrogen and oxygen atoms in total. The second-order valence-electron chi connectivity index (χ2n) is 8.36. The summed E-state index contributed by atoms with van der Waals surface area (Å²) in [4.78, 5) is 30.1. The normalized spacial score (nSPS) is 20.2. The molecule has 3 atom stereocenters. The predicted octanol–water partition coefficient (Wildman–Crippen LogP) is 2.84. The molecular weight excluding hydrogens is 378 g/mol. The third-order valence-corrected chi connectivity index (χ3v) is 6.00. The van der Waals surface area contributed by atoms with Crippen LogP contribution in [0, 0.1) is 11.8 Å². The van der Waals surface area contributed by atoms with Gasteiger partial charge in [0.15, 0.2) is 0 Å². The van der Waals surface area contributed by atoms with Gasteiger partial charge >= 0.3 is 0 Å². The maximum absolute atomic E-state index is 12.5. The van der Waals surface area contributed by atoms with E-state index in [-0.39, 0.29) is 35.5 Å². The summed E-state index contributed by atoms with van der Waals surface area (Å²) in [7, 11) is 0. The summed E-state index contributed by atoms with van der Waals surface area (Å²) in [6.07, 6.45) is 2.60. The maximum Gasteiger partial charge on any atom is 0.274 e. The molecule has 3 rings (SSSR count). The first kappa shape index (κ1) is 22.2. The van der Waals surface area contributed by atoms with Crippen LogP contribution in [0.2, 0.25) is 0 Å². The predicted molar refractivity (Wildman–Crippen MR) is 117 cm³/mol. The van der Waals surface area contributed by atoms with E-state index in [1.165, 1.54) is 5.56 Å². The lowest BCUT2D eigenvalue weighted by atomic mass is 9.97. The number of benzene rings is 1. The van der Waals surface area contributed by atoms with E-state index in [4.69, 9.17) is 0 Å². The Labute approximate surface area is 178 Å². The molecule has 2 N–H and O–H groups in total. The minimum Gasteiger partial charge on any atom is -0.350 e. The Morgan fingerprint density at radius 1 is 1.23 bits per heavy atom. The number of likely N-dealkylation sites (tertiary alicyclic amines) is 1. The average Bonchev–Trinajstić information content (AvgIpc) is 3.11. The van der Waals surface area contributed by atoms with Gasteiger partial charge in [0.2, 0.25) is 5.91 Å². The van der Waals surface area contributed by atoms with Crippen LogP contribution >= 0.6 is 0 Å². The molecule has 1 aromatic heterocycles. The molecular formula is C23H33N5O2. The molecule has 1 aromatic carbocycles. The molecule has 1 aliphatic heterocycles. The average molecular weight is 412 g/mol. The Balaban J connectivity index is 1.60. The lowest BCUT2D eigenvalue weighted by molar-refractivity contribution is -0.125. The van der Waals surface area contributed by atoms with Crippen LogP contribution in [0.25, 0.3) is 0 Å². The van der Waals surface area contributed by atoms with E-state index < -0.39 is 0 Å². The van der Waals surface area contributed by atoms with Crippen LogP contribution in [-0.4, -0.2) is 39.1 Å². The number of H-pyrrole nitrogens is 1. The van der Waals surface area contributed by atoms with Gasteiger partial charge in [-0.25, -0.2) is 0 Å². The smallest absolute Gasteiger partial charge is 0.274 e. The minimum absolute atomic E-state index is 0.0174. The van der Waals surface area contributed by atoms with E-state index in [2.05, 4.69) is 63.5 Å². The quantitative estimate of drug-likeness (QED) is 0.662. The monoisotopic (exact) mass is 411 g/mol. The van der Waals surface area contributed by atoms with E-state index in [0.29, 0.717) is 11.7 Å². The van der Waals surface area contributed by atoms with Gasteiger partial charge in [-0.2, -0.15) is 0 Å². The Bertz CT molecular complexity index is 883. The summed E-state index contributed by atoms with van der Waals surface area (Å²) in [6.45, 7) is 9.05. The van der Waals surface area contributed by atoms with E-state index in [0.717, 1.165) is 38.9 Å². The SMILES string of the molecule is CCCC(CC)C(=O)NCc1nnc(C2CN(Cc3ccccc3)CC2C)[nH]c1=O. The molecule has 0 aliphatic carbocycles. The fourth-order valence-electron chi connectivity index (χ4n) is 4.23. The number of nitrogens with one attached hydrogen (secondary N) is 2. The Morgan fingerprint density at radius 3 is 2.67 bits per heavy atom. The van der Waals surface area contributed by atoms with Crippen molar-refractivity contribution < 1.29 is 4.79 Å². The van der Waals surface area contributed by atoms with E-state index in [1.54, 1.807) is 0 Å². The molecule has 162 valence electrons. The molecule has 1 aliphatic rings. The number of rotatable bonds is 9. The molecule has 0 spiro atoms. The van der Waals surface area contributed by atoms with Gasteiger partial charge in [-0.15, -0.1) is 10.2 Å². The van der Waals surface area contributed by atoms with Crippen LogP contribution in [0.15, 0.2) is 35.1 Å². The van der Waals surface area contributed by atoms with Crippen molar-refractivity contribution in [2.45, 2.75) is 59.0 Å². The number of aromatic nitrogens is 3. The summed E-state index contributed by atoms with van der Waals surface area (Å²) < 4.78 is 0. The zero-order valence-corrected chi connectivity index (χ0v) is 18.2. The highest BCUT2D eigenvalue weighted by atomic mass is 16.2. The molecule has 1 saturated heterocycles. The number of amides is 1. The van der Waals surface area contributed by atoms with Crippen molar-refractivity contribution in [3.05, 3.63) is 57.8 Å². The van der Waals surface area contributed by atoms with Gasteiger partial charge in [-0.3, -0.25) is 14.5 Å². The summed E-state index contributed by atoms with van der Waals surface area (Å²) in [5, 5.41) is 11.3. The third kappa shape index (κ3) is 5.53. The zero-order chi connectivity index (χ0) is 21.5. The number of hydrogen-bond donors (Lipinski definition) is 2. The molecule has 0 bridgehead atoms. The number of hydrogen-bond acceptors (Lipinski definition) is 5. The molecule has 1 fully saturated rings. The summed E-state index contributed by atoms with van der Waals surface area (Å²) in [5.41, 5.74) is 1.27. The van der Waals surface area contributed by atoms with Crippen LogP contribution in [-0.2, 0) is 17.9 Å². The highest BCUT2D eigenvalue weighted by Gasteiger charge is 2.32. The fourth-order valence-corrected chi connectivity index (χ4v) is 4.23. The second-order valence-corrected chi connectivity index (χ2v) is 8.36. The van der Waals surface area contributed by atoms with Gasteiger partial charge in [0.25, 0.3) is 5.56 Å². The van der Waals surface area contributed by atoms with Gasteiger partial charge in [-0.1, -0.05) is 57.5 Å². The summed E-state index contributed by atoms with van der Waals surface area (Å²) in [6, 6.07) is 10.4. The summed E-state index contributed by atoms with van der Waals surface area (Å²) >= 11 is 0. The van der Waals surface area contributed by atoms with Gasteiger partial charge < -0.3 is 10.3 Å².